The highest BCUT2D eigenvalue weighted by Gasteiger charge is 2.31. The number of benzene rings is 1. The Balaban J connectivity index is 1.46. The topological polar surface area (TPSA) is 61.8 Å². The van der Waals surface area contributed by atoms with Gasteiger partial charge in [0.25, 0.3) is 0 Å². The Bertz CT molecular complexity index is 670. The molecule has 0 aliphatic carbocycles. The van der Waals surface area contributed by atoms with Crippen LogP contribution in [0.4, 0.5) is 0 Å². The molecule has 0 bridgehead atoms. The average Bonchev–Trinajstić information content (AvgIpc) is 3.20. The van der Waals surface area contributed by atoms with Crippen LogP contribution in [0.15, 0.2) is 29.3 Å². The van der Waals surface area contributed by atoms with Crippen molar-refractivity contribution in [3.63, 3.8) is 0 Å². The highest BCUT2D eigenvalue weighted by Crippen LogP contribution is 2.30. The van der Waals surface area contributed by atoms with Gasteiger partial charge in [0.15, 0.2) is 0 Å². The number of thioether (sulfide) groups is 2. The third kappa shape index (κ3) is 5.39. The number of nitrogens with one attached hydrogen (secondary N) is 1. The number of aliphatic hydroxyl groups is 1. The smallest absolute Gasteiger partial charge is 0.223 e. The first kappa shape index (κ1) is 20.0. The summed E-state index contributed by atoms with van der Waals surface area (Å²) in [6.07, 6.45) is 1.35. The lowest BCUT2D eigenvalue weighted by molar-refractivity contribution is -0.129. The normalized spacial score (nSPS) is 22.5. The summed E-state index contributed by atoms with van der Waals surface area (Å²) in [6, 6.07) is 5.17. The first-order valence-corrected chi connectivity index (χ1v) is 11.0. The summed E-state index contributed by atoms with van der Waals surface area (Å²) in [5, 5.41) is 15.3. The number of hydrogen-bond acceptors (Lipinski definition) is 6. The van der Waals surface area contributed by atoms with Crippen LogP contribution in [0, 0.1) is 0 Å². The van der Waals surface area contributed by atoms with Gasteiger partial charge in [-0.25, -0.2) is 0 Å². The highest BCUT2D eigenvalue weighted by molar-refractivity contribution is 8.18. The number of halogens is 2. The monoisotopic (exact) mass is 434 g/mol. The predicted octanol–water partition coefficient (Wildman–Crippen LogP) is 3.55. The van der Waals surface area contributed by atoms with Crippen molar-refractivity contribution in [1.82, 2.24) is 10.2 Å². The van der Waals surface area contributed by atoms with Gasteiger partial charge in [-0.05, 0) is 30.0 Å². The summed E-state index contributed by atoms with van der Waals surface area (Å²) < 4.78 is 6.01. The molecule has 26 heavy (non-hydrogen) atoms. The van der Waals surface area contributed by atoms with E-state index in [4.69, 9.17) is 33.0 Å². The first-order valence-electron chi connectivity index (χ1n) is 8.27. The van der Waals surface area contributed by atoms with Crippen molar-refractivity contribution in [3.8, 4) is 5.75 Å². The van der Waals surface area contributed by atoms with Crippen molar-refractivity contribution < 1.29 is 14.6 Å². The molecule has 0 spiro atoms. The van der Waals surface area contributed by atoms with E-state index in [1.54, 1.807) is 41.7 Å². The molecule has 3 rings (SSSR count). The van der Waals surface area contributed by atoms with Gasteiger partial charge in [0.1, 0.15) is 17.1 Å². The summed E-state index contributed by atoms with van der Waals surface area (Å²) in [6.45, 7) is 1.14. The number of nitrogens with zero attached hydrogens (tertiary/aromatic N) is 1. The van der Waals surface area contributed by atoms with Crippen molar-refractivity contribution in [1.29, 1.82) is 0 Å². The minimum absolute atomic E-state index is 0.0294. The van der Waals surface area contributed by atoms with Gasteiger partial charge in [-0.3, -0.25) is 4.79 Å². The maximum absolute atomic E-state index is 12.2. The molecule has 1 aromatic rings. The highest BCUT2D eigenvalue weighted by atomic mass is 35.5. The average molecular weight is 435 g/mol. The number of carbonyl (C=O) groups excluding carboxylic acids is 1. The molecule has 0 saturated carbocycles. The van der Waals surface area contributed by atoms with Gasteiger partial charge in [0, 0.05) is 34.5 Å². The number of amides is 1. The Kier molecular flexibility index (Phi) is 7.28. The van der Waals surface area contributed by atoms with Gasteiger partial charge >= 0.3 is 0 Å². The van der Waals surface area contributed by atoms with Crippen LogP contribution in [-0.4, -0.2) is 52.2 Å². The molecular weight excluding hydrogens is 415 g/mol. The minimum Gasteiger partial charge on any atom is -0.491 e. The van der Waals surface area contributed by atoms with Crippen LogP contribution in [0.3, 0.4) is 0 Å². The number of aliphatic hydroxyl groups excluding tert-OH is 1. The minimum atomic E-state index is 0.0294. The van der Waals surface area contributed by atoms with Crippen LogP contribution in [0.5, 0.6) is 5.75 Å². The van der Waals surface area contributed by atoms with Crippen molar-refractivity contribution in [2.45, 2.75) is 23.6 Å². The van der Waals surface area contributed by atoms with Gasteiger partial charge in [-0.15, -0.1) is 11.8 Å². The molecule has 0 aromatic heterocycles. The molecule has 2 aliphatic rings. The molecule has 5 nitrogen and oxygen atoms in total. The molecule has 1 amide bonds. The predicted molar refractivity (Wildman–Crippen MR) is 109 cm³/mol. The third-order valence-electron chi connectivity index (χ3n) is 4.14. The fourth-order valence-electron chi connectivity index (χ4n) is 2.86. The summed E-state index contributed by atoms with van der Waals surface area (Å²) >= 11 is 15.4. The summed E-state index contributed by atoms with van der Waals surface area (Å²) in [5.41, 5.74) is 0.844. The van der Waals surface area contributed by atoms with Crippen molar-refractivity contribution in [2.75, 3.05) is 25.5 Å². The third-order valence-corrected chi connectivity index (χ3v) is 6.94. The quantitative estimate of drug-likeness (QED) is 0.652. The molecule has 2 N–H and O–H groups in total. The van der Waals surface area contributed by atoms with E-state index in [-0.39, 0.29) is 23.3 Å². The molecule has 1 fully saturated rings. The lowest BCUT2D eigenvalue weighted by Crippen LogP contribution is -2.38. The zero-order valence-corrected chi connectivity index (χ0v) is 17.1. The van der Waals surface area contributed by atoms with Crippen LogP contribution < -0.4 is 10.1 Å². The molecule has 2 heterocycles. The van der Waals surface area contributed by atoms with E-state index in [0.29, 0.717) is 35.4 Å². The Labute approximate surface area is 171 Å². The Morgan fingerprint density at radius 3 is 2.81 bits per heavy atom. The van der Waals surface area contributed by atoms with Gasteiger partial charge < -0.3 is 20.1 Å². The van der Waals surface area contributed by atoms with E-state index in [2.05, 4.69) is 5.32 Å². The van der Waals surface area contributed by atoms with E-state index in [1.807, 2.05) is 10.3 Å². The molecule has 142 valence electrons. The lowest BCUT2D eigenvalue weighted by atomic mass is 10.2. The number of ether oxygens (including phenoxy) is 1. The molecule has 0 radical (unpaired) electrons. The first-order chi connectivity index (χ1) is 12.5. The van der Waals surface area contributed by atoms with Gasteiger partial charge in [-0.2, -0.15) is 0 Å². The summed E-state index contributed by atoms with van der Waals surface area (Å²) in [7, 11) is 0. The van der Waals surface area contributed by atoms with Gasteiger partial charge in [0.05, 0.1) is 12.6 Å². The molecule has 2 aliphatic heterocycles. The SMILES string of the molecule is O=C1CC[C@H](COc2cc(Cl)cc(Cl)c2)N1CCSC1NC(CO)=CS1. The number of hydrogen-bond donors (Lipinski definition) is 2. The second-order valence-corrected chi connectivity index (χ2v) is 9.34. The Morgan fingerprint density at radius 1 is 1.35 bits per heavy atom. The lowest BCUT2D eigenvalue weighted by Gasteiger charge is -2.25. The van der Waals surface area contributed by atoms with Crippen LogP contribution in [0.25, 0.3) is 0 Å². The molecule has 1 aromatic carbocycles. The number of carbonyl (C=O) groups is 1. The van der Waals surface area contributed by atoms with E-state index in [9.17, 15) is 4.79 Å². The number of rotatable bonds is 8. The Morgan fingerprint density at radius 2 is 2.12 bits per heavy atom. The molecule has 1 saturated heterocycles. The maximum atomic E-state index is 12.2. The molecule has 9 heteroatoms. The number of likely N-dealkylation sites (tertiary alicyclic amines) is 1. The van der Waals surface area contributed by atoms with Crippen molar-refractivity contribution in [2.24, 2.45) is 0 Å². The van der Waals surface area contributed by atoms with E-state index < -0.39 is 0 Å². The van der Waals surface area contributed by atoms with Crippen molar-refractivity contribution in [3.05, 3.63) is 39.3 Å². The summed E-state index contributed by atoms with van der Waals surface area (Å²) in [4.78, 5) is 14.1. The van der Waals surface area contributed by atoms with Crippen LogP contribution in [0.1, 0.15) is 12.8 Å². The maximum Gasteiger partial charge on any atom is 0.223 e. The van der Waals surface area contributed by atoms with Crippen molar-refractivity contribution >= 4 is 52.6 Å². The standard InChI is InChI=1S/C17H20Cl2N2O3S2/c18-11-5-12(19)7-15(6-11)24-9-14-1-2-16(23)21(14)3-4-25-17-20-13(8-22)10-26-17/h5-7,10,14,17,20,22H,1-4,8-9H2/t14-,17?/m1/s1. The largest absolute Gasteiger partial charge is 0.491 e. The van der Waals surface area contributed by atoms with E-state index in [0.717, 1.165) is 17.9 Å². The van der Waals surface area contributed by atoms with E-state index >= 15 is 0 Å². The fourth-order valence-corrected chi connectivity index (χ4v) is 5.54. The van der Waals surface area contributed by atoms with E-state index in [1.165, 1.54) is 0 Å². The zero-order valence-electron chi connectivity index (χ0n) is 14.0. The van der Waals surface area contributed by atoms with Crippen LogP contribution >= 0.6 is 46.7 Å². The summed E-state index contributed by atoms with van der Waals surface area (Å²) in [5.74, 6) is 1.61. The van der Waals surface area contributed by atoms with Gasteiger partial charge in [0.2, 0.25) is 5.91 Å². The van der Waals surface area contributed by atoms with Crippen LogP contribution in [-0.2, 0) is 4.79 Å². The molecular formula is C17H20Cl2N2O3S2. The zero-order chi connectivity index (χ0) is 18.5. The fraction of sp³-hybridized carbons (Fsp3) is 0.471. The van der Waals surface area contributed by atoms with Gasteiger partial charge in [-0.1, -0.05) is 35.0 Å². The second kappa shape index (κ2) is 9.46. The molecule has 2 atom stereocenters. The van der Waals surface area contributed by atoms with Crippen LogP contribution in [0.2, 0.25) is 10.0 Å². The molecule has 1 unspecified atom stereocenters. The second-order valence-electron chi connectivity index (χ2n) is 5.98. The Hall–Kier alpha value is -0.730.